The summed E-state index contributed by atoms with van der Waals surface area (Å²) in [6, 6.07) is 15.2. The SMILES string of the molecule is C=CC(=O)OCCOc1ccc(-c2ccc(OCCOC(=O)C(=C)C)cc2)cc1. The molecule has 2 aromatic carbocycles. The molecule has 0 heterocycles. The van der Waals surface area contributed by atoms with Gasteiger partial charge in [0.05, 0.1) is 0 Å². The molecule has 0 saturated carbocycles. The summed E-state index contributed by atoms with van der Waals surface area (Å²) in [7, 11) is 0. The molecule has 152 valence electrons. The van der Waals surface area contributed by atoms with E-state index in [2.05, 4.69) is 13.2 Å². The fourth-order valence-corrected chi connectivity index (χ4v) is 2.27. The first-order valence-corrected chi connectivity index (χ1v) is 9.07. The lowest BCUT2D eigenvalue weighted by Crippen LogP contribution is -2.12. The minimum Gasteiger partial charge on any atom is -0.490 e. The molecule has 0 aliphatic heterocycles. The van der Waals surface area contributed by atoms with Crippen LogP contribution in [0.2, 0.25) is 0 Å². The standard InChI is InChI=1S/C23H24O6/c1-4-22(24)28-15-13-26-20-9-5-18(6-10-20)19-7-11-21(12-8-19)27-14-16-29-23(25)17(2)3/h4-12H,1-2,13-16H2,3H3. The summed E-state index contributed by atoms with van der Waals surface area (Å²) in [5.74, 6) is 0.486. The molecule has 6 nitrogen and oxygen atoms in total. The number of carbonyl (C=O) groups is 2. The normalized spacial score (nSPS) is 9.97. The lowest BCUT2D eigenvalue weighted by Gasteiger charge is -2.09. The average Bonchev–Trinajstić information content (AvgIpc) is 2.74. The van der Waals surface area contributed by atoms with Crippen LogP contribution in [0.1, 0.15) is 6.92 Å². The van der Waals surface area contributed by atoms with Crippen molar-refractivity contribution in [3.05, 3.63) is 73.3 Å². The van der Waals surface area contributed by atoms with Gasteiger partial charge < -0.3 is 18.9 Å². The van der Waals surface area contributed by atoms with E-state index in [1.54, 1.807) is 6.92 Å². The van der Waals surface area contributed by atoms with Gasteiger partial charge in [-0.15, -0.1) is 0 Å². The first-order valence-electron chi connectivity index (χ1n) is 9.07. The lowest BCUT2D eigenvalue weighted by molar-refractivity contribution is -0.140. The monoisotopic (exact) mass is 396 g/mol. The largest absolute Gasteiger partial charge is 0.490 e. The highest BCUT2D eigenvalue weighted by Crippen LogP contribution is 2.24. The van der Waals surface area contributed by atoms with Crippen LogP contribution in [-0.4, -0.2) is 38.4 Å². The summed E-state index contributed by atoms with van der Waals surface area (Å²) in [4.78, 5) is 22.2. The van der Waals surface area contributed by atoms with Crippen LogP contribution in [0.15, 0.2) is 73.3 Å². The third-order valence-corrected chi connectivity index (χ3v) is 3.74. The number of hydrogen-bond donors (Lipinski definition) is 0. The molecule has 0 aromatic heterocycles. The third kappa shape index (κ3) is 7.54. The minimum absolute atomic E-state index is 0.167. The van der Waals surface area contributed by atoms with Gasteiger partial charge in [-0.25, -0.2) is 9.59 Å². The van der Waals surface area contributed by atoms with Crippen molar-refractivity contribution in [3.8, 4) is 22.6 Å². The Labute approximate surface area is 170 Å². The summed E-state index contributed by atoms with van der Waals surface area (Å²) < 4.78 is 20.9. The van der Waals surface area contributed by atoms with E-state index < -0.39 is 11.9 Å². The molecule has 2 aromatic rings. The maximum atomic E-state index is 11.3. The number of esters is 2. The molecule has 0 spiro atoms. The molecule has 2 rings (SSSR count). The van der Waals surface area contributed by atoms with Gasteiger partial charge >= 0.3 is 11.9 Å². The Balaban J connectivity index is 1.78. The van der Waals surface area contributed by atoms with Crippen LogP contribution in [0, 0.1) is 0 Å². The fourth-order valence-electron chi connectivity index (χ4n) is 2.27. The van der Waals surface area contributed by atoms with Crippen molar-refractivity contribution >= 4 is 11.9 Å². The highest BCUT2D eigenvalue weighted by molar-refractivity contribution is 5.86. The van der Waals surface area contributed by atoms with Crippen LogP contribution in [-0.2, 0) is 19.1 Å². The van der Waals surface area contributed by atoms with E-state index in [0.717, 1.165) is 17.2 Å². The average molecular weight is 396 g/mol. The molecule has 0 fully saturated rings. The molecule has 29 heavy (non-hydrogen) atoms. The molecule has 0 bridgehead atoms. The van der Waals surface area contributed by atoms with Gasteiger partial charge in [0.2, 0.25) is 0 Å². The molecule has 0 saturated heterocycles. The summed E-state index contributed by atoms with van der Waals surface area (Å²) in [6.45, 7) is 9.32. The van der Waals surface area contributed by atoms with E-state index in [1.165, 1.54) is 0 Å². The molecule has 0 atom stereocenters. The zero-order chi connectivity index (χ0) is 21.1. The predicted molar refractivity (Wildman–Crippen MR) is 110 cm³/mol. The number of ether oxygens (including phenoxy) is 4. The highest BCUT2D eigenvalue weighted by Gasteiger charge is 2.04. The zero-order valence-corrected chi connectivity index (χ0v) is 16.4. The Morgan fingerprint density at radius 3 is 1.66 bits per heavy atom. The maximum absolute atomic E-state index is 11.3. The Hall–Kier alpha value is -3.54. The van der Waals surface area contributed by atoms with Gasteiger partial charge in [-0.3, -0.25) is 0 Å². The fraction of sp³-hybridized carbons (Fsp3) is 0.217. The maximum Gasteiger partial charge on any atom is 0.333 e. The smallest absolute Gasteiger partial charge is 0.333 e. The summed E-state index contributed by atoms with van der Waals surface area (Å²) >= 11 is 0. The van der Waals surface area contributed by atoms with Crippen LogP contribution in [0.5, 0.6) is 11.5 Å². The van der Waals surface area contributed by atoms with Gasteiger partial charge in [0.1, 0.15) is 37.9 Å². The van der Waals surface area contributed by atoms with E-state index in [9.17, 15) is 9.59 Å². The van der Waals surface area contributed by atoms with E-state index in [1.807, 2.05) is 48.5 Å². The van der Waals surface area contributed by atoms with Gasteiger partial charge in [-0.1, -0.05) is 37.4 Å². The number of hydrogen-bond acceptors (Lipinski definition) is 6. The molecule has 0 aliphatic carbocycles. The Morgan fingerprint density at radius 1 is 0.793 bits per heavy atom. The molecule has 0 radical (unpaired) electrons. The summed E-state index contributed by atoms with van der Waals surface area (Å²) in [5, 5.41) is 0. The van der Waals surface area contributed by atoms with Crippen LogP contribution in [0.25, 0.3) is 11.1 Å². The first-order chi connectivity index (χ1) is 14.0. The second-order valence-corrected chi connectivity index (χ2v) is 6.03. The van der Waals surface area contributed by atoms with Crippen LogP contribution in [0.4, 0.5) is 0 Å². The van der Waals surface area contributed by atoms with Gasteiger partial charge in [0.25, 0.3) is 0 Å². The van der Waals surface area contributed by atoms with Crippen molar-refractivity contribution in [2.75, 3.05) is 26.4 Å². The second-order valence-electron chi connectivity index (χ2n) is 6.03. The van der Waals surface area contributed by atoms with Crippen LogP contribution in [0.3, 0.4) is 0 Å². The molecular formula is C23H24O6. The first kappa shape index (κ1) is 21.8. The van der Waals surface area contributed by atoms with E-state index in [-0.39, 0.29) is 26.4 Å². The highest BCUT2D eigenvalue weighted by atomic mass is 16.6. The van der Waals surface area contributed by atoms with Crippen molar-refractivity contribution in [1.82, 2.24) is 0 Å². The molecule has 0 N–H and O–H groups in total. The van der Waals surface area contributed by atoms with Gasteiger partial charge in [0, 0.05) is 11.6 Å². The van der Waals surface area contributed by atoms with Crippen molar-refractivity contribution in [2.24, 2.45) is 0 Å². The molecule has 6 heteroatoms. The van der Waals surface area contributed by atoms with Gasteiger partial charge in [-0.2, -0.15) is 0 Å². The van der Waals surface area contributed by atoms with Crippen molar-refractivity contribution < 1.29 is 28.5 Å². The van der Waals surface area contributed by atoms with Crippen molar-refractivity contribution in [2.45, 2.75) is 6.92 Å². The number of rotatable bonds is 11. The Morgan fingerprint density at radius 2 is 1.24 bits per heavy atom. The predicted octanol–water partition coefficient (Wildman–Crippen LogP) is 3.96. The Kier molecular flexibility index (Phi) is 8.51. The summed E-state index contributed by atoms with van der Waals surface area (Å²) in [5.41, 5.74) is 2.41. The molecule has 0 unspecified atom stereocenters. The zero-order valence-electron chi connectivity index (χ0n) is 16.4. The molecular weight excluding hydrogens is 372 g/mol. The topological polar surface area (TPSA) is 71.1 Å². The van der Waals surface area contributed by atoms with Crippen molar-refractivity contribution in [1.29, 1.82) is 0 Å². The molecule has 0 amide bonds. The van der Waals surface area contributed by atoms with Crippen LogP contribution >= 0.6 is 0 Å². The van der Waals surface area contributed by atoms with E-state index in [0.29, 0.717) is 17.1 Å². The minimum atomic E-state index is -0.468. The second kappa shape index (κ2) is 11.3. The quantitative estimate of drug-likeness (QED) is 0.325. The molecule has 0 aliphatic rings. The van der Waals surface area contributed by atoms with E-state index >= 15 is 0 Å². The number of carbonyl (C=O) groups excluding carboxylic acids is 2. The van der Waals surface area contributed by atoms with Gasteiger partial charge in [-0.05, 0) is 42.3 Å². The number of benzene rings is 2. The van der Waals surface area contributed by atoms with E-state index in [4.69, 9.17) is 18.9 Å². The lowest BCUT2D eigenvalue weighted by atomic mass is 10.1. The van der Waals surface area contributed by atoms with Gasteiger partial charge in [0.15, 0.2) is 0 Å². The third-order valence-electron chi connectivity index (χ3n) is 3.74. The summed E-state index contributed by atoms with van der Waals surface area (Å²) in [6.07, 6.45) is 1.11. The van der Waals surface area contributed by atoms with Crippen LogP contribution < -0.4 is 9.47 Å². The Bertz CT molecular complexity index is 837. The van der Waals surface area contributed by atoms with Crippen molar-refractivity contribution in [3.63, 3.8) is 0 Å².